The minimum atomic E-state index is -0.690. The van der Waals surface area contributed by atoms with Gasteiger partial charge in [-0.15, -0.1) is 11.3 Å². The second-order valence-corrected chi connectivity index (χ2v) is 5.57. The highest BCUT2D eigenvalue weighted by Gasteiger charge is 2.13. The van der Waals surface area contributed by atoms with Crippen molar-refractivity contribution in [2.24, 2.45) is 0 Å². The Hall–Kier alpha value is -2.67. The first kappa shape index (κ1) is 16.7. The lowest BCUT2D eigenvalue weighted by Gasteiger charge is -2.07. The molecule has 0 saturated heterocycles. The van der Waals surface area contributed by atoms with E-state index in [-0.39, 0.29) is 6.61 Å². The highest BCUT2D eigenvalue weighted by Crippen LogP contribution is 2.12. The summed E-state index contributed by atoms with van der Waals surface area (Å²) in [6.45, 7) is 1.06. The van der Waals surface area contributed by atoms with Crippen molar-refractivity contribution in [2.75, 3.05) is 13.2 Å². The molecule has 7 heteroatoms. The molecule has 0 fully saturated rings. The summed E-state index contributed by atoms with van der Waals surface area (Å²) < 4.78 is 10.00. The van der Waals surface area contributed by atoms with Crippen LogP contribution in [-0.4, -0.2) is 31.0 Å². The van der Waals surface area contributed by atoms with Crippen molar-refractivity contribution in [2.45, 2.75) is 6.92 Å². The minimum absolute atomic E-state index is 0.310. The average molecular weight is 333 g/mol. The molecule has 2 amide bonds. The van der Waals surface area contributed by atoms with Gasteiger partial charge in [-0.05, 0) is 36.1 Å². The molecule has 0 aliphatic heterocycles. The zero-order valence-electron chi connectivity index (χ0n) is 12.4. The fraction of sp³-hybridized carbons (Fsp3) is 0.188. The number of imide groups is 1. The Balaban J connectivity index is 1.69. The second kappa shape index (κ2) is 8.09. The first-order valence-electron chi connectivity index (χ1n) is 6.77. The Morgan fingerprint density at radius 2 is 1.96 bits per heavy atom. The Labute approximate surface area is 137 Å². The predicted octanol–water partition coefficient (Wildman–Crippen LogP) is 1.94. The lowest BCUT2D eigenvalue weighted by Crippen LogP contribution is -2.34. The normalized spacial score (nSPS) is 9.96. The molecule has 0 radical (unpaired) electrons. The van der Waals surface area contributed by atoms with Crippen LogP contribution in [0.3, 0.4) is 0 Å². The van der Waals surface area contributed by atoms with Crippen LogP contribution < -0.4 is 10.1 Å². The third-order valence-corrected chi connectivity index (χ3v) is 3.58. The van der Waals surface area contributed by atoms with Crippen LogP contribution in [0.4, 0.5) is 0 Å². The Morgan fingerprint density at radius 1 is 1.13 bits per heavy atom. The monoisotopic (exact) mass is 333 g/mol. The smallest absolute Gasteiger partial charge is 0.344 e. The van der Waals surface area contributed by atoms with Gasteiger partial charge >= 0.3 is 5.97 Å². The quantitative estimate of drug-likeness (QED) is 0.817. The van der Waals surface area contributed by atoms with E-state index in [1.807, 2.05) is 13.0 Å². The lowest BCUT2D eigenvalue weighted by molar-refractivity contribution is -0.150. The molecule has 0 spiro atoms. The number of carbonyl (C=O) groups excluding carboxylic acids is 3. The molecule has 0 aliphatic rings. The van der Waals surface area contributed by atoms with E-state index in [0.29, 0.717) is 10.6 Å². The van der Waals surface area contributed by atoms with Gasteiger partial charge in [0.1, 0.15) is 5.75 Å². The van der Waals surface area contributed by atoms with E-state index in [9.17, 15) is 14.4 Å². The molecule has 2 rings (SSSR count). The fourth-order valence-corrected chi connectivity index (χ4v) is 2.29. The third kappa shape index (κ3) is 5.55. The second-order valence-electron chi connectivity index (χ2n) is 4.62. The van der Waals surface area contributed by atoms with E-state index < -0.39 is 24.4 Å². The molecule has 2 aromatic rings. The maximum Gasteiger partial charge on any atom is 0.344 e. The Morgan fingerprint density at radius 3 is 2.65 bits per heavy atom. The molecule has 1 aromatic carbocycles. The van der Waals surface area contributed by atoms with E-state index >= 15 is 0 Å². The molecule has 1 heterocycles. The molecule has 0 bridgehead atoms. The van der Waals surface area contributed by atoms with Crippen molar-refractivity contribution >= 4 is 29.1 Å². The zero-order chi connectivity index (χ0) is 16.7. The van der Waals surface area contributed by atoms with E-state index in [1.54, 1.807) is 35.7 Å². The summed E-state index contributed by atoms with van der Waals surface area (Å²) in [4.78, 5) is 35.1. The first-order valence-corrected chi connectivity index (χ1v) is 7.65. The van der Waals surface area contributed by atoms with Crippen molar-refractivity contribution < 1.29 is 23.9 Å². The number of thiophene rings is 1. The number of aryl methyl sites for hydroxylation is 1. The maximum absolute atomic E-state index is 11.6. The van der Waals surface area contributed by atoms with Gasteiger partial charge in [0.15, 0.2) is 13.2 Å². The largest absolute Gasteiger partial charge is 0.482 e. The van der Waals surface area contributed by atoms with Crippen LogP contribution in [-0.2, 0) is 14.3 Å². The van der Waals surface area contributed by atoms with Gasteiger partial charge in [-0.2, -0.15) is 0 Å². The molecular weight excluding hydrogens is 318 g/mol. The van der Waals surface area contributed by atoms with Crippen molar-refractivity contribution in [3.05, 3.63) is 52.2 Å². The van der Waals surface area contributed by atoms with Crippen molar-refractivity contribution in [1.82, 2.24) is 5.32 Å². The molecule has 120 valence electrons. The average Bonchev–Trinajstić information content (AvgIpc) is 3.05. The minimum Gasteiger partial charge on any atom is -0.482 e. The topological polar surface area (TPSA) is 81.7 Å². The molecule has 0 saturated carbocycles. The molecule has 0 atom stereocenters. The molecule has 23 heavy (non-hydrogen) atoms. The van der Waals surface area contributed by atoms with Crippen LogP contribution in [0.15, 0.2) is 41.8 Å². The van der Waals surface area contributed by atoms with Gasteiger partial charge < -0.3 is 9.47 Å². The summed E-state index contributed by atoms with van der Waals surface area (Å²) in [6.07, 6.45) is 0. The van der Waals surface area contributed by atoms with E-state index in [4.69, 9.17) is 9.47 Å². The van der Waals surface area contributed by atoms with Crippen LogP contribution >= 0.6 is 11.3 Å². The first-order chi connectivity index (χ1) is 11.0. The SMILES string of the molecule is Cc1cccc(OCC(=O)OCC(=O)NC(=O)c2cccs2)c1. The van der Waals surface area contributed by atoms with Gasteiger partial charge in [0.05, 0.1) is 4.88 Å². The van der Waals surface area contributed by atoms with Crippen LogP contribution in [0.2, 0.25) is 0 Å². The van der Waals surface area contributed by atoms with Gasteiger partial charge in [0, 0.05) is 0 Å². The van der Waals surface area contributed by atoms with E-state index in [0.717, 1.165) is 5.56 Å². The summed E-state index contributed by atoms with van der Waals surface area (Å²) >= 11 is 1.21. The van der Waals surface area contributed by atoms with E-state index in [1.165, 1.54) is 11.3 Å². The summed E-state index contributed by atoms with van der Waals surface area (Å²) in [5.41, 5.74) is 1.00. The van der Waals surface area contributed by atoms with Crippen LogP contribution in [0.25, 0.3) is 0 Å². The van der Waals surface area contributed by atoms with Crippen molar-refractivity contribution in [3.8, 4) is 5.75 Å². The van der Waals surface area contributed by atoms with Crippen molar-refractivity contribution in [1.29, 1.82) is 0 Å². The summed E-state index contributed by atoms with van der Waals surface area (Å²) in [5, 5.41) is 3.86. The third-order valence-electron chi connectivity index (χ3n) is 2.71. The number of ether oxygens (including phenoxy) is 2. The summed E-state index contributed by atoms with van der Waals surface area (Å²) in [6, 6.07) is 10.5. The van der Waals surface area contributed by atoms with Gasteiger partial charge in [-0.25, -0.2) is 4.79 Å². The lowest BCUT2D eigenvalue weighted by atomic mass is 10.2. The van der Waals surface area contributed by atoms with Gasteiger partial charge in [0.2, 0.25) is 0 Å². The van der Waals surface area contributed by atoms with Gasteiger partial charge in [0.25, 0.3) is 11.8 Å². The number of carbonyl (C=O) groups is 3. The molecule has 1 N–H and O–H groups in total. The molecule has 0 aliphatic carbocycles. The Kier molecular flexibility index (Phi) is 5.87. The van der Waals surface area contributed by atoms with Gasteiger partial charge in [-0.1, -0.05) is 18.2 Å². The number of rotatable bonds is 6. The Bertz CT molecular complexity index is 696. The highest BCUT2D eigenvalue weighted by atomic mass is 32.1. The van der Waals surface area contributed by atoms with Crippen LogP contribution in [0, 0.1) is 6.92 Å². The predicted molar refractivity (Wildman–Crippen MR) is 84.4 cm³/mol. The summed E-state index contributed by atoms with van der Waals surface area (Å²) in [5.74, 6) is -1.35. The van der Waals surface area contributed by atoms with Gasteiger partial charge in [-0.3, -0.25) is 14.9 Å². The molecule has 0 unspecified atom stereocenters. The number of benzene rings is 1. The van der Waals surface area contributed by atoms with E-state index in [2.05, 4.69) is 5.32 Å². The molecule has 6 nitrogen and oxygen atoms in total. The van der Waals surface area contributed by atoms with Crippen LogP contribution in [0.1, 0.15) is 15.2 Å². The number of nitrogens with one attached hydrogen (secondary N) is 1. The molecular formula is C16H15NO5S. The number of hydrogen-bond donors (Lipinski definition) is 1. The zero-order valence-corrected chi connectivity index (χ0v) is 13.2. The highest BCUT2D eigenvalue weighted by molar-refractivity contribution is 7.12. The van der Waals surface area contributed by atoms with Crippen molar-refractivity contribution in [3.63, 3.8) is 0 Å². The summed E-state index contributed by atoms with van der Waals surface area (Å²) in [7, 11) is 0. The number of hydrogen-bond acceptors (Lipinski definition) is 6. The number of amides is 2. The maximum atomic E-state index is 11.6. The fourth-order valence-electron chi connectivity index (χ4n) is 1.67. The molecule has 1 aromatic heterocycles. The van der Waals surface area contributed by atoms with Crippen LogP contribution in [0.5, 0.6) is 5.75 Å². The standard InChI is InChI=1S/C16H15NO5S/c1-11-4-2-5-12(8-11)21-10-15(19)22-9-14(18)17-16(20)13-6-3-7-23-13/h2-8H,9-10H2,1H3,(H,17,18,20). The number of esters is 1.